The summed E-state index contributed by atoms with van der Waals surface area (Å²) >= 11 is 10.5. The lowest BCUT2D eigenvalue weighted by molar-refractivity contribution is 0.0925. The molecule has 0 spiro atoms. The molecule has 0 saturated carbocycles. The zero-order chi connectivity index (χ0) is 12.3. The van der Waals surface area contributed by atoms with E-state index >= 15 is 0 Å². The molecule has 0 aliphatic heterocycles. The van der Waals surface area contributed by atoms with Crippen LogP contribution in [0, 0.1) is 0 Å². The minimum atomic E-state index is -0.0261. The maximum Gasteiger partial charge on any atom is 0.210 e. The van der Waals surface area contributed by atoms with Gasteiger partial charge in [0.25, 0.3) is 0 Å². The molecule has 0 radical (unpaired) electrons. The van der Waals surface area contributed by atoms with E-state index in [2.05, 4.69) is 15.9 Å². The molecule has 0 fully saturated rings. The minimum Gasteiger partial charge on any atom is -0.484 e. The number of ketones is 1. The second kappa shape index (κ2) is 5.67. The Labute approximate surface area is 116 Å². The molecule has 0 saturated heterocycles. The van der Waals surface area contributed by atoms with Crippen molar-refractivity contribution >= 4 is 44.7 Å². The van der Waals surface area contributed by atoms with Crippen LogP contribution < -0.4 is 4.74 Å². The Hall–Kier alpha value is -0.840. The van der Waals surface area contributed by atoms with Gasteiger partial charge in [0, 0.05) is 5.02 Å². The highest BCUT2D eigenvalue weighted by Gasteiger charge is 2.09. The van der Waals surface area contributed by atoms with Gasteiger partial charge in [-0.25, -0.2) is 0 Å². The molecule has 88 valence electrons. The Morgan fingerprint density at radius 3 is 2.88 bits per heavy atom. The number of ether oxygens (including phenoxy) is 1. The lowest BCUT2D eigenvalue weighted by Gasteiger charge is -2.06. The first-order valence-corrected chi connectivity index (χ1v) is 6.86. The van der Waals surface area contributed by atoms with E-state index in [4.69, 9.17) is 16.3 Å². The van der Waals surface area contributed by atoms with E-state index < -0.39 is 0 Å². The molecule has 2 nitrogen and oxygen atoms in total. The van der Waals surface area contributed by atoms with E-state index in [-0.39, 0.29) is 12.4 Å². The second-order valence-electron chi connectivity index (χ2n) is 3.26. The van der Waals surface area contributed by atoms with Crippen LogP contribution in [0.4, 0.5) is 0 Å². The van der Waals surface area contributed by atoms with Crippen LogP contribution in [0.1, 0.15) is 9.67 Å². The lowest BCUT2D eigenvalue weighted by Crippen LogP contribution is -2.10. The second-order valence-corrected chi connectivity index (χ2v) is 5.50. The molecule has 1 aromatic carbocycles. The van der Waals surface area contributed by atoms with E-state index in [0.717, 1.165) is 4.47 Å². The fraction of sp³-hybridized carbons (Fsp3) is 0.0833. The minimum absolute atomic E-state index is 0.0261. The van der Waals surface area contributed by atoms with Crippen molar-refractivity contribution in [3.05, 3.63) is 50.1 Å². The summed E-state index contributed by atoms with van der Waals surface area (Å²) in [7, 11) is 0. The van der Waals surface area contributed by atoms with Gasteiger partial charge in [-0.05, 0) is 45.6 Å². The molecule has 0 unspecified atom stereocenters. The van der Waals surface area contributed by atoms with Gasteiger partial charge in [0.15, 0.2) is 6.61 Å². The summed E-state index contributed by atoms with van der Waals surface area (Å²) in [5.41, 5.74) is 0. The summed E-state index contributed by atoms with van der Waals surface area (Å²) in [6, 6.07) is 8.81. The number of halogens is 2. The average molecular weight is 332 g/mol. The molecule has 2 rings (SSSR count). The van der Waals surface area contributed by atoms with Gasteiger partial charge in [0.05, 0.1) is 9.35 Å². The van der Waals surface area contributed by atoms with Gasteiger partial charge >= 0.3 is 0 Å². The zero-order valence-electron chi connectivity index (χ0n) is 8.65. The molecule has 0 N–H and O–H groups in total. The Morgan fingerprint density at radius 1 is 1.41 bits per heavy atom. The monoisotopic (exact) mass is 330 g/mol. The van der Waals surface area contributed by atoms with E-state index in [0.29, 0.717) is 15.6 Å². The fourth-order valence-electron chi connectivity index (χ4n) is 1.24. The largest absolute Gasteiger partial charge is 0.484 e. The van der Waals surface area contributed by atoms with Crippen LogP contribution in [-0.2, 0) is 0 Å². The number of carbonyl (C=O) groups is 1. The number of Topliss-reactive ketones (excluding diaryl/α,β-unsaturated/α-hetero) is 1. The van der Waals surface area contributed by atoms with Gasteiger partial charge in [-0.2, -0.15) is 0 Å². The summed E-state index contributed by atoms with van der Waals surface area (Å²) in [4.78, 5) is 12.4. The smallest absolute Gasteiger partial charge is 0.210 e. The number of benzene rings is 1. The fourth-order valence-corrected chi connectivity index (χ4v) is 2.69. The van der Waals surface area contributed by atoms with Crippen molar-refractivity contribution in [3.8, 4) is 5.75 Å². The summed E-state index contributed by atoms with van der Waals surface area (Å²) in [5.74, 6) is 0.584. The molecular formula is C12H8BrClO2S. The standard InChI is InChI=1S/C12H8BrClO2S/c13-9-6-8(14)3-4-11(9)16-7-10(15)12-2-1-5-17-12/h1-6H,7H2. The predicted octanol–water partition coefficient (Wildman–Crippen LogP) is 4.43. The molecule has 0 bridgehead atoms. The van der Waals surface area contributed by atoms with E-state index in [9.17, 15) is 4.79 Å². The maximum absolute atomic E-state index is 11.7. The molecule has 1 aromatic heterocycles. The summed E-state index contributed by atoms with van der Waals surface area (Å²) < 4.78 is 6.17. The molecule has 0 aliphatic carbocycles. The van der Waals surface area contributed by atoms with Gasteiger partial charge in [0.2, 0.25) is 5.78 Å². The predicted molar refractivity (Wildman–Crippen MR) is 73.3 cm³/mol. The topological polar surface area (TPSA) is 26.3 Å². The van der Waals surface area contributed by atoms with Crippen LogP contribution >= 0.6 is 38.9 Å². The Balaban J connectivity index is 2.01. The first-order chi connectivity index (χ1) is 8.16. The van der Waals surface area contributed by atoms with Crippen molar-refractivity contribution in [2.45, 2.75) is 0 Å². The van der Waals surface area contributed by atoms with Crippen LogP contribution in [0.5, 0.6) is 5.75 Å². The molecule has 5 heteroatoms. The van der Waals surface area contributed by atoms with Gasteiger partial charge in [-0.3, -0.25) is 4.79 Å². The Kier molecular flexibility index (Phi) is 4.20. The molecule has 2 aromatic rings. The van der Waals surface area contributed by atoms with Crippen LogP contribution in [0.3, 0.4) is 0 Å². The molecule has 0 aliphatic rings. The first-order valence-electron chi connectivity index (χ1n) is 4.81. The van der Waals surface area contributed by atoms with Crippen molar-refractivity contribution in [1.82, 2.24) is 0 Å². The number of hydrogen-bond donors (Lipinski definition) is 0. The van der Waals surface area contributed by atoms with Crippen LogP contribution in [0.2, 0.25) is 5.02 Å². The Bertz CT molecular complexity index is 525. The number of thiophene rings is 1. The van der Waals surface area contributed by atoms with Crippen LogP contribution in [0.25, 0.3) is 0 Å². The highest BCUT2D eigenvalue weighted by Crippen LogP contribution is 2.28. The third-order valence-corrected chi connectivity index (χ3v) is 3.81. The summed E-state index contributed by atoms with van der Waals surface area (Å²) in [6.45, 7) is 0.0285. The molecule has 17 heavy (non-hydrogen) atoms. The van der Waals surface area contributed by atoms with Crippen molar-refractivity contribution < 1.29 is 9.53 Å². The average Bonchev–Trinajstić information content (AvgIpc) is 2.81. The zero-order valence-corrected chi connectivity index (χ0v) is 11.8. The lowest BCUT2D eigenvalue weighted by atomic mass is 10.3. The van der Waals surface area contributed by atoms with Crippen molar-refractivity contribution in [2.24, 2.45) is 0 Å². The normalized spacial score (nSPS) is 10.2. The number of carbonyl (C=O) groups excluding carboxylic acids is 1. The quantitative estimate of drug-likeness (QED) is 0.775. The maximum atomic E-state index is 11.7. The van der Waals surface area contributed by atoms with E-state index in [1.807, 2.05) is 11.4 Å². The van der Waals surface area contributed by atoms with Crippen molar-refractivity contribution in [1.29, 1.82) is 0 Å². The van der Waals surface area contributed by atoms with Crippen molar-refractivity contribution in [2.75, 3.05) is 6.61 Å². The highest BCUT2D eigenvalue weighted by molar-refractivity contribution is 9.10. The van der Waals surface area contributed by atoms with Crippen LogP contribution in [0.15, 0.2) is 40.2 Å². The first kappa shape index (κ1) is 12.6. The van der Waals surface area contributed by atoms with Crippen molar-refractivity contribution in [3.63, 3.8) is 0 Å². The van der Waals surface area contributed by atoms with E-state index in [1.54, 1.807) is 24.3 Å². The number of hydrogen-bond acceptors (Lipinski definition) is 3. The molecule has 1 heterocycles. The van der Waals surface area contributed by atoms with Gasteiger partial charge in [-0.15, -0.1) is 11.3 Å². The summed E-state index contributed by atoms with van der Waals surface area (Å²) in [6.07, 6.45) is 0. The van der Waals surface area contributed by atoms with Crippen LogP contribution in [-0.4, -0.2) is 12.4 Å². The SMILES string of the molecule is O=C(COc1ccc(Cl)cc1Br)c1cccs1. The van der Waals surface area contributed by atoms with Gasteiger partial charge in [0.1, 0.15) is 5.75 Å². The van der Waals surface area contributed by atoms with E-state index in [1.165, 1.54) is 11.3 Å². The summed E-state index contributed by atoms with van der Waals surface area (Å²) in [5, 5.41) is 2.49. The third-order valence-electron chi connectivity index (χ3n) is 2.05. The third kappa shape index (κ3) is 3.31. The highest BCUT2D eigenvalue weighted by atomic mass is 79.9. The molecular weight excluding hydrogens is 324 g/mol. The molecule has 0 atom stereocenters. The van der Waals surface area contributed by atoms with Gasteiger partial charge in [-0.1, -0.05) is 17.7 Å². The molecule has 0 amide bonds. The number of rotatable bonds is 4. The Morgan fingerprint density at radius 2 is 2.24 bits per heavy atom. The van der Waals surface area contributed by atoms with Gasteiger partial charge < -0.3 is 4.74 Å².